The number of nitrogens with zero attached hydrogens (tertiary/aromatic N) is 2. The Morgan fingerprint density at radius 2 is 1.93 bits per heavy atom. The van der Waals surface area contributed by atoms with Crippen molar-refractivity contribution in [1.29, 1.82) is 0 Å². The van der Waals surface area contributed by atoms with Gasteiger partial charge in [-0.2, -0.15) is 0 Å². The number of hydrogen-bond acceptors (Lipinski definition) is 4. The molecule has 2 aromatic carbocycles. The Bertz CT molecular complexity index is 969. The smallest absolute Gasteiger partial charge is 0.0705 e. The summed E-state index contributed by atoms with van der Waals surface area (Å²) < 4.78 is 0. The third-order valence-electron chi connectivity index (χ3n) is 6.51. The second kappa shape index (κ2) is 8.41. The van der Waals surface area contributed by atoms with Crippen molar-refractivity contribution in [1.82, 2.24) is 20.7 Å². The van der Waals surface area contributed by atoms with Crippen LogP contribution >= 0.6 is 11.6 Å². The minimum Gasteiger partial charge on any atom is -0.299 e. The molecule has 0 saturated carbocycles. The maximum absolute atomic E-state index is 6.10. The fourth-order valence-corrected chi connectivity index (χ4v) is 5.18. The van der Waals surface area contributed by atoms with Crippen LogP contribution in [0.1, 0.15) is 29.9 Å². The molecule has 150 valence electrons. The molecule has 0 amide bonds. The number of fused-ring (bicyclic) bond motifs is 1. The van der Waals surface area contributed by atoms with Crippen molar-refractivity contribution in [3.05, 3.63) is 76.9 Å². The number of aromatic nitrogens is 1. The largest absolute Gasteiger partial charge is 0.299 e. The predicted octanol–water partition coefficient (Wildman–Crippen LogP) is 4.36. The third kappa shape index (κ3) is 4.03. The predicted molar refractivity (Wildman–Crippen MR) is 119 cm³/mol. The molecule has 2 N–H and O–H groups in total. The number of piperidine rings is 1. The molecule has 3 aromatic rings. The molecule has 3 atom stereocenters. The molecular weight excluding hydrogens is 380 g/mol. The zero-order valence-electron chi connectivity index (χ0n) is 16.5. The van der Waals surface area contributed by atoms with E-state index in [9.17, 15) is 0 Å². The van der Waals surface area contributed by atoms with Gasteiger partial charge in [0.15, 0.2) is 0 Å². The SMILES string of the molecule is Clc1ccc(C2CNNC2C2CCCN(Cc3ccnc4ccccc34)C2)cc1. The van der Waals surface area contributed by atoms with Crippen LogP contribution in [0.2, 0.25) is 5.02 Å². The summed E-state index contributed by atoms with van der Waals surface area (Å²) in [7, 11) is 0. The average Bonchev–Trinajstić information content (AvgIpc) is 3.25. The van der Waals surface area contributed by atoms with Crippen molar-refractivity contribution >= 4 is 22.5 Å². The summed E-state index contributed by atoms with van der Waals surface area (Å²) in [4.78, 5) is 7.14. The summed E-state index contributed by atoms with van der Waals surface area (Å²) in [6, 6.07) is 19.5. The standard InChI is InChI=1S/C24H27ClN4/c25-20-9-7-17(8-10-20)22-14-27-28-24(22)19-4-3-13-29(16-19)15-18-11-12-26-23-6-2-1-5-21(18)23/h1-2,5-12,19,22,24,27-28H,3-4,13-16H2. The van der Waals surface area contributed by atoms with Gasteiger partial charge < -0.3 is 0 Å². The van der Waals surface area contributed by atoms with E-state index in [-0.39, 0.29) is 0 Å². The molecule has 0 spiro atoms. The maximum Gasteiger partial charge on any atom is 0.0705 e. The highest BCUT2D eigenvalue weighted by atomic mass is 35.5. The molecule has 0 bridgehead atoms. The van der Waals surface area contributed by atoms with Crippen LogP contribution in [0.4, 0.5) is 0 Å². The monoisotopic (exact) mass is 406 g/mol. The highest BCUT2D eigenvalue weighted by Crippen LogP contribution is 2.33. The number of para-hydroxylation sites is 1. The fourth-order valence-electron chi connectivity index (χ4n) is 5.06. The minimum atomic E-state index is 0.452. The fraction of sp³-hybridized carbons (Fsp3) is 0.375. The first-order valence-corrected chi connectivity index (χ1v) is 10.9. The van der Waals surface area contributed by atoms with Crippen molar-refractivity contribution in [2.45, 2.75) is 31.3 Å². The van der Waals surface area contributed by atoms with Crippen LogP contribution in [0.5, 0.6) is 0 Å². The normalized spacial score (nSPS) is 25.5. The van der Waals surface area contributed by atoms with Gasteiger partial charge in [0.1, 0.15) is 0 Å². The second-order valence-corrected chi connectivity index (χ2v) is 8.77. The van der Waals surface area contributed by atoms with Gasteiger partial charge in [-0.1, -0.05) is 41.9 Å². The minimum absolute atomic E-state index is 0.452. The Morgan fingerprint density at radius 1 is 1.07 bits per heavy atom. The lowest BCUT2D eigenvalue weighted by Crippen LogP contribution is -2.46. The Balaban J connectivity index is 1.32. The Labute approximate surface area is 177 Å². The van der Waals surface area contributed by atoms with Gasteiger partial charge in [0.2, 0.25) is 0 Å². The van der Waals surface area contributed by atoms with Crippen LogP contribution in [0.15, 0.2) is 60.8 Å². The average molecular weight is 407 g/mol. The van der Waals surface area contributed by atoms with Gasteiger partial charge in [-0.3, -0.25) is 20.7 Å². The molecule has 1 aromatic heterocycles. The summed E-state index contributed by atoms with van der Waals surface area (Å²) >= 11 is 6.10. The molecule has 4 nitrogen and oxygen atoms in total. The van der Waals surface area contributed by atoms with Crippen LogP contribution in [0.3, 0.4) is 0 Å². The van der Waals surface area contributed by atoms with Gasteiger partial charge in [0, 0.05) is 48.2 Å². The Kier molecular flexibility index (Phi) is 5.51. The number of benzene rings is 2. The summed E-state index contributed by atoms with van der Waals surface area (Å²) in [6.07, 6.45) is 4.47. The zero-order chi connectivity index (χ0) is 19.6. The molecule has 5 heteroatoms. The van der Waals surface area contributed by atoms with Gasteiger partial charge in [-0.25, -0.2) is 0 Å². The molecule has 0 aliphatic carbocycles. The Hall–Kier alpha value is -1.98. The number of halogens is 1. The van der Waals surface area contributed by atoms with Gasteiger partial charge >= 0.3 is 0 Å². The van der Waals surface area contributed by atoms with E-state index in [1.807, 2.05) is 18.3 Å². The molecule has 3 unspecified atom stereocenters. The van der Waals surface area contributed by atoms with E-state index in [4.69, 9.17) is 11.6 Å². The molecule has 0 radical (unpaired) electrons. The lowest BCUT2D eigenvalue weighted by atomic mass is 9.81. The van der Waals surface area contributed by atoms with E-state index >= 15 is 0 Å². The van der Waals surface area contributed by atoms with Crippen LogP contribution in [-0.2, 0) is 6.54 Å². The van der Waals surface area contributed by atoms with Gasteiger partial charge in [-0.05, 0) is 60.7 Å². The number of hydrazine groups is 1. The van der Waals surface area contributed by atoms with Crippen molar-refractivity contribution in [3.63, 3.8) is 0 Å². The summed E-state index contributed by atoms with van der Waals surface area (Å²) in [6.45, 7) is 4.25. The lowest BCUT2D eigenvalue weighted by Gasteiger charge is -2.37. The number of rotatable bonds is 4. The van der Waals surface area contributed by atoms with E-state index in [0.29, 0.717) is 17.9 Å². The first-order valence-electron chi connectivity index (χ1n) is 10.6. The van der Waals surface area contributed by atoms with E-state index in [1.165, 1.54) is 35.9 Å². The third-order valence-corrected chi connectivity index (χ3v) is 6.76. The number of pyridine rings is 1. The quantitative estimate of drug-likeness (QED) is 0.675. The number of hydrogen-bond donors (Lipinski definition) is 2. The molecule has 2 fully saturated rings. The van der Waals surface area contributed by atoms with Crippen LogP contribution in [-0.4, -0.2) is 35.6 Å². The second-order valence-electron chi connectivity index (χ2n) is 8.33. The van der Waals surface area contributed by atoms with E-state index < -0.39 is 0 Å². The van der Waals surface area contributed by atoms with Crippen molar-refractivity contribution < 1.29 is 0 Å². The lowest BCUT2D eigenvalue weighted by molar-refractivity contribution is 0.140. The molecule has 29 heavy (non-hydrogen) atoms. The first kappa shape index (κ1) is 19.0. The number of likely N-dealkylation sites (tertiary alicyclic amines) is 1. The van der Waals surface area contributed by atoms with Gasteiger partial charge in [0.05, 0.1) is 5.52 Å². The summed E-state index contributed by atoms with van der Waals surface area (Å²) in [5.41, 5.74) is 10.8. The zero-order valence-corrected chi connectivity index (χ0v) is 17.3. The van der Waals surface area contributed by atoms with Crippen molar-refractivity contribution in [2.24, 2.45) is 5.92 Å². The van der Waals surface area contributed by atoms with Crippen LogP contribution in [0, 0.1) is 5.92 Å². The first-order chi connectivity index (χ1) is 14.3. The van der Waals surface area contributed by atoms with Gasteiger partial charge in [0.25, 0.3) is 0 Å². The van der Waals surface area contributed by atoms with Gasteiger partial charge in [-0.15, -0.1) is 0 Å². The molecular formula is C24H27ClN4. The van der Waals surface area contributed by atoms with E-state index in [1.54, 1.807) is 0 Å². The van der Waals surface area contributed by atoms with Crippen molar-refractivity contribution in [3.8, 4) is 0 Å². The summed E-state index contributed by atoms with van der Waals surface area (Å²) in [5, 5.41) is 2.08. The van der Waals surface area contributed by atoms with Crippen molar-refractivity contribution in [2.75, 3.05) is 19.6 Å². The molecule has 2 aliphatic rings. The summed E-state index contributed by atoms with van der Waals surface area (Å²) in [5.74, 6) is 1.12. The number of nitrogens with one attached hydrogen (secondary N) is 2. The van der Waals surface area contributed by atoms with E-state index in [2.05, 4.69) is 63.2 Å². The van der Waals surface area contributed by atoms with Crippen LogP contribution < -0.4 is 10.9 Å². The van der Waals surface area contributed by atoms with Crippen LogP contribution in [0.25, 0.3) is 10.9 Å². The maximum atomic E-state index is 6.10. The highest BCUT2D eigenvalue weighted by molar-refractivity contribution is 6.30. The Morgan fingerprint density at radius 3 is 2.83 bits per heavy atom. The highest BCUT2D eigenvalue weighted by Gasteiger charge is 2.36. The van der Waals surface area contributed by atoms with E-state index in [0.717, 1.165) is 30.2 Å². The topological polar surface area (TPSA) is 40.2 Å². The molecule has 3 heterocycles. The molecule has 5 rings (SSSR count). The molecule has 2 aliphatic heterocycles. The molecule has 2 saturated heterocycles.